The predicted octanol–water partition coefficient (Wildman–Crippen LogP) is 3.52. The lowest BCUT2D eigenvalue weighted by molar-refractivity contribution is 0.168. The van der Waals surface area contributed by atoms with Crippen molar-refractivity contribution in [2.45, 2.75) is 59.3 Å². The number of piperazine rings is 1. The fourth-order valence-corrected chi connectivity index (χ4v) is 3.15. The molecule has 2 aliphatic rings. The van der Waals surface area contributed by atoms with Gasteiger partial charge in [-0.15, -0.1) is 0 Å². The molecule has 1 N–H and O–H groups in total. The topological polar surface area (TPSA) is 15.3 Å². The van der Waals surface area contributed by atoms with Gasteiger partial charge in [0.05, 0.1) is 0 Å². The maximum Gasteiger partial charge on any atom is 0.0107 e. The summed E-state index contributed by atoms with van der Waals surface area (Å²) in [6, 6.07) is 0. The molecule has 0 aromatic carbocycles. The Hall–Kier alpha value is -0.0800. The van der Waals surface area contributed by atoms with Crippen LogP contribution in [-0.4, -0.2) is 37.6 Å². The van der Waals surface area contributed by atoms with Gasteiger partial charge < -0.3 is 10.2 Å². The minimum atomic E-state index is 1.08. The highest BCUT2D eigenvalue weighted by atomic mass is 15.2. The highest BCUT2D eigenvalue weighted by Gasteiger charge is 2.26. The van der Waals surface area contributed by atoms with E-state index in [4.69, 9.17) is 0 Å². The highest BCUT2D eigenvalue weighted by Crippen LogP contribution is 2.38. The third-order valence-corrected chi connectivity index (χ3v) is 4.46. The zero-order chi connectivity index (χ0) is 13.2. The third-order valence-electron chi connectivity index (χ3n) is 4.46. The van der Waals surface area contributed by atoms with E-state index in [1.165, 1.54) is 71.2 Å². The minimum Gasteiger partial charge on any atom is -0.314 e. The molecule has 1 aliphatic heterocycles. The normalized spacial score (nSPS) is 28.2. The molecule has 18 heavy (non-hydrogen) atoms. The van der Waals surface area contributed by atoms with Gasteiger partial charge >= 0.3 is 0 Å². The SMILES string of the molecule is CC.CCC1CC(CCCCN2CCNCC2)C1. The van der Waals surface area contributed by atoms with E-state index in [1.807, 2.05) is 13.8 Å². The van der Waals surface area contributed by atoms with Gasteiger partial charge in [-0.05, 0) is 37.6 Å². The summed E-state index contributed by atoms with van der Waals surface area (Å²) in [4.78, 5) is 2.62. The maximum atomic E-state index is 3.41. The molecule has 0 radical (unpaired) electrons. The number of unbranched alkanes of at least 4 members (excludes halogenated alkanes) is 1. The van der Waals surface area contributed by atoms with E-state index in [0.717, 1.165) is 11.8 Å². The van der Waals surface area contributed by atoms with E-state index in [-0.39, 0.29) is 0 Å². The van der Waals surface area contributed by atoms with Gasteiger partial charge in [-0.2, -0.15) is 0 Å². The van der Waals surface area contributed by atoms with Crippen LogP contribution in [0.1, 0.15) is 59.3 Å². The molecule has 1 saturated heterocycles. The molecule has 2 fully saturated rings. The summed E-state index contributed by atoms with van der Waals surface area (Å²) in [6.45, 7) is 12.6. The Morgan fingerprint density at radius 1 is 1.00 bits per heavy atom. The first-order chi connectivity index (χ1) is 8.88. The molecule has 1 aliphatic carbocycles. The summed E-state index contributed by atoms with van der Waals surface area (Å²) < 4.78 is 0. The molecule has 1 saturated carbocycles. The summed E-state index contributed by atoms with van der Waals surface area (Å²) in [7, 11) is 0. The van der Waals surface area contributed by atoms with Gasteiger partial charge in [-0.3, -0.25) is 0 Å². The van der Waals surface area contributed by atoms with Crippen LogP contribution in [0, 0.1) is 11.8 Å². The third kappa shape index (κ3) is 5.71. The molecular weight excluding hydrogens is 220 g/mol. The first-order valence-electron chi connectivity index (χ1n) is 8.31. The zero-order valence-corrected chi connectivity index (χ0v) is 12.9. The Morgan fingerprint density at radius 2 is 1.67 bits per heavy atom. The Balaban J connectivity index is 0.000000771. The minimum absolute atomic E-state index is 1.08. The van der Waals surface area contributed by atoms with Gasteiger partial charge in [-0.1, -0.05) is 40.0 Å². The molecule has 1 heterocycles. The first-order valence-corrected chi connectivity index (χ1v) is 8.31. The van der Waals surface area contributed by atoms with Gasteiger partial charge in [0.2, 0.25) is 0 Å². The fraction of sp³-hybridized carbons (Fsp3) is 1.00. The lowest BCUT2D eigenvalue weighted by Gasteiger charge is -2.35. The van der Waals surface area contributed by atoms with Crippen LogP contribution < -0.4 is 5.32 Å². The Kier molecular flexibility index (Phi) is 8.70. The average molecular weight is 254 g/mol. The molecule has 0 bridgehead atoms. The van der Waals surface area contributed by atoms with Crippen molar-refractivity contribution in [3.63, 3.8) is 0 Å². The van der Waals surface area contributed by atoms with Gasteiger partial charge in [0.1, 0.15) is 0 Å². The summed E-state index contributed by atoms with van der Waals surface area (Å²) in [6.07, 6.45) is 8.87. The second-order valence-corrected chi connectivity index (χ2v) is 5.70. The fourth-order valence-electron chi connectivity index (χ4n) is 3.15. The van der Waals surface area contributed by atoms with E-state index in [2.05, 4.69) is 17.1 Å². The van der Waals surface area contributed by atoms with Crippen molar-refractivity contribution < 1.29 is 0 Å². The van der Waals surface area contributed by atoms with E-state index in [9.17, 15) is 0 Å². The van der Waals surface area contributed by atoms with Gasteiger partial charge in [0.15, 0.2) is 0 Å². The van der Waals surface area contributed by atoms with Crippen LogP contribution in [0.2, 0.25) is 0 Å². The molecule has 108 valence electrons. The lowest BCUT2D eigenvalue weighted by atomic mass is 9.71. The second-order valence-electron chi connectivity index (χ2n) is 5.70. The first kappa shape index (κ1) is 16.0. The van der Waals surface area contributed by atoms with Crippen molar-refractivity contribution in [1.29, 1.82) is 0 Å². The summed E-state index contributed by atoms with van der Waals surface area (Å²) in [5.41, 5.74) is 0. The molecule has 2 rings (SSSR count). The molecular formula is C16H34N2. The Morgan fingerprint density at radius 3 is 2.28 bits per heavy atom. The smallest absolute Gasteiger partial charge is 0.0107 e. The molecule has 0 aromatic heterocycles. The molecule has 2 nitrogen and oxygen atoms in total. The van der Waals surface area contributed by atoms with E-state index < -0.39 is 0 Å². The number of hydrogen-bond donors (Lipinski definition) is 1. The van der Waals surface area contributed by atoms with Gasteiger partial charge in [-0.25, -0.2) is 0 Å². The van der Waals surface area contributed by atoms with Crippen LogP contribution in [0.15, 0.2) is 0 Å². The van der Waals surface area contributed by atoms with Crippen molar-refractivity contribution in [2.24, 2.45) is 11.8 Å². The molecule has 0 amide bonds. The van der Waals surface area contributed by atoms with Crippen LogP contribution in [0.3, 0.4) is 0 Å². The van der Waals surface area contributed by atoms with E-state index >= 15 is 0 Å². The molecule has 0 spiro atoms. The van der Waals surface area contributed by atoms with Gasteiger partial charge in [0, 0.05) is 26.2 Å². The maximum absolute atomic E-state index is 3.41. The summed E-state index contributed by atoms with van der Waals surface area (Å²) in [5, 5.41) is 3.41. The molecule has 0 atom stereocenters. The Labute approximate surface area is 115 Å². The average Bonchev–Trinajstić information content (AvgIpc) is 2.40. The van der Waals surface area contributed by atoms with Crippen LogP contribution in [0.4, 0.5) is 0 Å². The monoisotopic (exact) mass is 254 g/mol. The van der Waals surface area contributed by atoms with Gasteiger partial charge in [0.25, 0.3) is 0 Å². The van der Waals surface area contributed by atoms with Crippen molar-refractivity contribution in [1.82, 2.24) is 10.2 Å². The predicted molar refractivity (Wildman–Crippen MR) is 81.0 cm³/mol. The van der Waals surface area contributed by atoms with E-state index in [1.54, 1.807) is 0 Å². The standard InChI is InChI=1S/C14H28N2.C2H6/c1-2-13-11-14(12-13)5-3-4-8-16-9-6-15-7-10-16;1-2/h13-15H,2-12H2,1H3;1-2H3. The zero-order valence-electron chi connectivity index (χ0n) is 12.9. The van der Waals surface area contributed by atoms with E-state index in [0.29, 0.717) is 0 Å². The van der Waals surface area contributed by atoms with Crippen LogP contribution in [0.25, 0.3) is 0 Å². The van der Waals surface area contributed by atoms with Crippen molar-refractivity contribution in [3.8, 4) is 0 Å². The Bertz CT molecular complexity index is 182. The van der Waals surface area contributed by atoms with Crippen LogP contribution >= 0.6 is 0 Å². The largest absolute Gasteiger partial charge is 0.314 e. The summed E-state index contributed by atoms with van der Waals surface area (Å²) >= 11 is 0. The van der Waals surface area contributed by atoms with Crippen LogP contribution in [-0.2, 0) is 0 Å². The lowest BCUT2D eigenvalue weighted by Crippen LogP contribution is -2.43. The number of nitrogens with zero attached hydrogens (tertiary/aromatic N) is 1. The number of nitrogens with one attached hydrogen (secondary N) is 1. The van der Waals surface area contributed by atoms with Crippen LogP contribution in [0.5, 0.6) is 0 Å². The van der Waals surface area contributed by atoms with Crippen molar-refractivity contribution >= 4 is 0 Å². The molecule has 2 heteroatoms. The molecule has 0 aromatic rings. The van der Waals surface area contributed by atoms with Crippen molar-refractivity contribution in [3.05, 3.63) is 0 Å². The van der Waals surface area contributed by atoms with Crippen molar-refractivity contribution in [2.75, 3.05) is 32.7 Å². The highest BCUT2D eigenvalue weighted by molar-refractivity contribution is 4.78. The molecule has 0 unspecified atom stereocenters. The number of hydrogen-bond acceptors (Lipinski definition) is 2. The summed E-state index contributed by atoms with van der Waals surface area (Å²) in [5.74, 6) is 2.17. The quantitative estimate of drug-likeness (QED) is 0.730. The second kappa shape index (κ2) is 9.80. The number of rotatable bonds is 6.